The van der Waals surface area contributed by atoms with Gasteiger partial charge in [0.05, 0.1) is 6.42 Å². The van der Waals surface area contributed by atoms with Crippen molar-refractivity contribution in [3.8, 4) is 11.5 Å². The molecule has 38 heavy (non-hydrogen) atoms. The molecule has 1 aliphatic carbocycles. The van der Waals surface area contributed by atoms with E-state index in [0.29, 0.717) is 29.1 Å². The van der Waals surface area contributed by atoms with Gasteiger partial charge in [0.15, 0.2) is 0 Å². The molecule has 0 saturated carbocycles. The smallest absolute Gasteiger partial charge is 0.307 e. The Morgan fingerprint density at radius 1 is 0.763 bits per heavy atom. The van der Waals surface area contributed by atoms with E-state index in [1.165, 1.54) is 29.8 Å². The Morgan fingerprint density at radius 2 is 1.37 bits per heavy atom. The third-order valence-corrected chi connectivity index (χ3v) is 6.67. The Labute approximate surface area is 220 Å². The van der Waals surface area contributed by atoms with Crippen LogP contribution in [0.2, 0.25) is 0 Å². The van der Waals surface area contributed by atoms with Crippen molar-refractivity contribution >= 4 is 23.2 Å². The van der Waals surface area contributed by atoms with Gasteiger partial charge in [0.1, 0.15) is 23.1 Å². The molecule has 190 valence electrons. The number of hydrogen-bond acceptors (Lipinski definition) is 2. The number of carboxylic acid groups (broad SMARTS) is 1. The van der Waals surface area contributed by atoms with Gasteiger partial charge in [-0.15, -0.1) is 0 Å². The molecule has 3 nitrogen and oxygen atoms in total. The molecule has 0 saturated heterocycles. The summed E-state index contributed by atoms with van der Waals surface area (Å²) in [5.74, 6) is -0.575. The summed E-state index contributed by atoms with van der Waals surface area (Å²) in [6, 6.07) is 26.1. The summed E-state index contributed by atoms with van der Waals surface area (Å²) in [6.45, 7) is 2.10. The van der Waals surface area contributed by atoms with Crippen LogP contribution < -0.4 is 4.74 Å². The molecule has 0 radical (unpaired) electrons. The van der Waals surface area contributed by atoms with Crippen LogP contribution in [0.1, 0.15) is 41.2 Å². The summed E-state index contributed by atoms with van der Waals surface area (Å²) < 4.78 is 33.3. The summed E-state index contributed by atoms with van der Waals surface area (Å²) in [5, 5.41) is 9.69. The van der Waals surface area contributed by atoms with E-state index in [2.05, 4.69) is 19.1 Å². The van der Waals surface area contributed by atoms with Gasteiger partial charge in [-0.05, 0) is 112 Å². The minimum absolute atomic E-state index is 0.205. The lowest BCUT2D eigenvalue weighted by Gasteiger charge is -2.11. The van der Waals surface area contributed by atoms with E-state index in [1.54, 1.807) is 18.2 Å². The third kappa shape index (κ3) is 5.57. The summed E-state index contributed by atoms with van der Waals surface area (Å²) in [6.07, 6.45) is 3.25. The molecule has 4 aromatic rings. The van der Waals surface area contributed by atoms with E-state index in [9.17, 15) is 18.7 Å². The molecule has 0 spiro atoms. The van der Waals surface area contributed by atoms with Crippen LogP contribution in [0.5, 0.6) is 11.5 Å². The van der Waals surface area contributed by atoms with E-state index >= 15 is 0 Å². The number of benzene rings is 4. The molecule has 0 unspecified atom stereocenters. The van der Waals surface area contributed by atoms with Crippen LogP contribution in [-0.2, 0) is 17.6 Å². The van der Waals surface area contributed by atoms with Crippen LogP contribution in [0.4, 0.5) is 8.78 Å². The second-order valence-corrected chi connectivity index (χ2v) is 9.25. The Bertz CT molecular complexity index is 1530. The zero-order valence-electron chi connectivity index (χ0n) is 20.9. The van der Waals surface area contributed by atoms with Gasteiger partial charge in [-0.25, -0.2) is 8.78 Å². The predicted molar refractivity (Wildman–Crippen MR) is 146 cm³/mol. The number of aliphatic carboxylic acids is 1. The Kier molecular flexibility index (Phi) is 7.18. The Hall–Kier alpha value is -4.51. The van der Waals surface area contributed by atoms with Crippen LogP contribution in [0.3, 0.4) is 0 Å². The van der Waals surface area contributed by atoms with Gasteiger partial charge in [-0.3, -0.25) is 4.79 Å². The first-order valence-electron chi connectivity index (χ1n) is 12.5. The van der Waals surface area contributed by atoms with E-state index in [1.807, 2.05) is 42.5 Å². The highest BCUT2D eigenvalue weighted by molar-refractivity contribution is 6.08. The molecule has 0 aromatic heterocycles. The number of ether oxygens (including phenoxy) is 1. The third-order valence-electron chi connectivity index (χ3n) is 6.67. The highest BCUT2D eigenvalue weighted by Crippen LogP contribution is 2.45. The lowest BCUT2D eigenvalue weighted by Crippen LogP contribution is -1.99. The second kappa shape index (κ2) is 10.9. The van der Waals surface area contributed by atoms with Gasteiger partial charge in [-0.1, -0.05) is 49.4 Å². The number of carboxylic acids is 1. The van der Waals surface area contributed by atoms with Gasteiger partial charge in [0, 0.05) is 0 Å². The maximum atomic E-state index is 14.3. The van der Waals surface area contributed by atoms with E-state index in [4.69, 9.17) is 4.74 Å². The standard InChI is InChI=1S/C33H26F2O3/c1-2-21-3-5-22(6-4-21)17-29-28-16-11-25(35)19-31(28)32(20-33(36)37)30(29)18-23-7-12-26(13-8-23)38-27-14-9-24(34)10-15-27/h3-17,19H,2,18,20H2,1H3,(H,36,37)/b29-17+. The first-order valence-corrected chi connectivity index (χ1v) is 12.5. The molecule has 0 heterocycles. The number of fused-ring (bicyclic) bond motifs is 1. The molecular formula is C33H26F2O3. The van der Waals surface area contributed by atoms with Crippen molar-refractivity contribution in [3.63, 3.8) is 0 Å². The molecule has 5 heteroatoms. The van der Waals surface area contributed by atoms with Crippen molar-refractivity contribution in [1.29, 1.82) is 0 Å². The SMILES string of the molecule is CCc1ccc(/C=C2/C(Cc3ccc(Oc4ccc(F)cc4)cc3)=C(CC(=O)O)c3cc(F)ccc32)cc1. The normalized spacial score (nSPS) is 13.6. The number of allylic oxidation sites excluding steroid dienone is 2. The highest BCUT2D eigenvalue weighted by atomic mass is 19.1. The van der Waals surface area contributed by atoms with Crippen LogP contribution >= 0.6 is 0 Å². The van der Waals surface area contributed by atoms with E-state index < -0.39 is 11.8 Å². The molecule has 4 aromatic carbocycles. The van der Waals surface area contributed by atoms with Gasteiger partial charge in [-0.2, -0.15) is 0 Å². The Morgan fingerprint density at radius 3 is 2.00 bits per heavy atom. The molecule has 1 N–H and O–H groups in total. The minimum atomic E-state index is -0.968. The van der Waals surface area contributed by atoms with Gasteiger partial charge < -0.3 is 9.84 Å². The lowest BCUT2D eigenvalue weighted by molar-refractivity contribution is -0.135. The predicted octanol–water partition coefficient (Wildman–Crippen LogP) is 8.34. The average Bonchev–Trinajstić information content (AvgIpc) is 3.17. The number of rotatable bonds is 8. The molecule has 0 atom stereocenters. The fourth-order valence-electron chi connectivity index (χ4n) is 4.74. The molecule has 0 bridgehead atoms. The van der Waals surface area contributed by atoms with Crippen molar-refractivity contribution in [2.75, 3.05) is 0 Å². The zero-order chi connectivity index (χ0) is 26.6. The summed E-state index contributed by atoms with van der Waals surface area (Å²) >= 11 is 0. The van der Waals surface area contributed by atoms with Crippen LogP contribution in [0.25, 0.3) is 17.2 Å². The van der Waals surface area contributed by atoms with E-state index in [0.717, 1.165) is 34.3 Å². The quantitative estimate of drug-likeness (QED) is 0.260. The molecule has 5 rings (SSSR count). The first-order chi connectivity index (χ1) is 18.4. The number of hydrogen-bond donors (Lipinski definition) is 1. The number of aryl methyl sites for hydroxylation is 1. The molecule has 0 amide bonds. The van der Waals surface area contributed by atoms with E-state index in [-0.39, 0.29) is 12.2 Å². The van der Waals surface area contributed by atoms with Gasteiger partial charge in [0.25, 0.3) is 0 Å². The van der Waals surface area contributed by atoms with Crippen molar-refractivity contribution in [3.05, 3.63) is 136 Å². The summed E-state index contributed by atoms with van der Waals surface area (Å²) in [7, 11) is 0. The maximum absolute atomic E-state index is 14.3. The number of halogens is 2. The molecule has 0 fully saturated rings. The highest BCUT2D eigenvalue weighted by Gasteiger charge is 2.28. The van der Waals surface area contributed by atoms with Crippen molar-refractivity contribution < 1.29 is 23.4 Å². The maximum Gasteiger partial charge on any atom is 0.307 e. The van der Waals surface area contributed by atoms with Crippen LogP contribution in [0, 0.1) is 11.6 Å². The summed E-state index contributed by atoms with van der Waals surface area (Å²) in [5.41, 5.74) is 7.00. The van der Waals surface area contributed by atoms with Crippen molar-refractivity contribution in [2.45, 2.75) is 26.2 Å². The lowest BCUT2D eigenvalue weighted by atomic mass is 9.94. The van der Waals surface area contributed by atoms with Gasteiger partial charge in [0.2, 0.25) is 0 Å². The van der Waals surface area contributed by atoms with Gasteiger partial charge >= 0.3 is 5.97 Å². The fourth-order valence-corrected chi connectivity index (χ4v) is 4.74. The molecule has 0 aliphatic heterocycles. The topological polar surface area (TPSA) is 46.5 Å². The minimum Gasteiger partial charge on any atom is -0.481 e. The first kappa shape index (κ1) is 25.2. The molecule has 1 aliphatic rings. The summed E-state index contributed by atoms with van der Waals surface area (Å²) in [4.78, 5) is 11.8. The van der Waals surface area contributed by atoms with Crippen LogP contribution in [-0.4, -0.2) is 11.1 Å². The fraction of sp³-hybridized carbons (Fsp3) is 0.121. The number of carbonyl (C=O) groups is 1. The largest absolute Gasteiger partial charge is 0.481 e. The Balaban J connectivity index is 1.51. The van der Waals surface area contributed by atoms with Crippen LogP contribution in [0.15, 0.2) is 96.6 Å². The zero-order valence-corrected chi connectivity index (χ0v) is 20.9. The van der Waals surface area contributed by atoms with Crippen molar-refractivity contribution in [1.82, 2.24) is 0 Å². The molecular weight excluding hydrogens is 482 g/mol. The second-order valence-electron chi connectivity index (χ2n) is 9.25. The monoisotopic (exact) mass is 508 g/mol. The average molecular weight is 509 g/mol. The van der Waals surface area contributed by atoms with Crippen molar-refractivity contribution in [2.24, 2.45) is 0 Å².